The van der Waals surface area contributed by atoms with Gasteiger partial charge in [-0.3, -0.25) is 9.59 Å². The molecule has 0 saturated heterocycles. The second-order valence-electron chi connectivity index (χ2n) is 4.49. The van der Waals surface area contributed by atoms with Gasteiger partial charge in [0.05, 0.1) is 11.4 Å². The molecule has 0 bridgehead atoms. The van der Waals surface area contributed by atoms with Crippen LogP contribution in [0.3, 0.4) is 0 Å². The maximum atomic E-state index is 13.5. The first-order valence-electron chi connectivity index (χ1n) is 5.90. The van der Waals surface area contributed by atoms with Crippen LogP contribution in [0.4, 0.5) is 10.1 Å². The summed E-state index contributed by atoms with van der Waals surface area (Å²) in [6.07, 6.45) is 0. The molecule has 0 aromatic heterocycles. The Hall–Kier alpha value is -1.27. The van der Waals surface area contributed by atoms with Crippen LogP contribution in [-0.2, 0) is 9.59 Å². The maximum absolute atomic E-state index is 13.5. The minimum atomic E-state index is -0.963. The first-order valence-corrected chi connectivity index (χ1v) is 7.33. The lowest BCUT2D eigenvalue weighted by atomic mass is 10.1. The lowest BCUT2D eigenvalue weighted by molar-refractivity contribution is -0.137. The van der Waals surface area contributed by atoms with Crippen molar-refractivity contribution < 1.29 is 19.1 Å². The fourth-order valence-corrected chi connectivity index (χ4v) is 2.58. The van der Waals surface area contributed by atoms with Crippen LogP contribution >= 0.6 is 23.4 Å². The summed E-state index contributed by atoms with van der Waals surface area (Å²) in [4.78, 5) is 22.7. The molecule has 2 N–H and O–H groups in total. The molecule has 0 aliphatic carbocycles. The van der Waals surface area contributed by atoms with Gasteiger partial charge in [0.15, 0.2) is 0 Å². The van der Waals surface area contributed by atoms with Crippen LogP contribution in [0.25, 0.3) is 0 Å². The number of carbonyl (C=O) groups excluding carboxylic acids is 1. The number of halogens is 2. The molecule has 20 heavy (non-hydrogen) atoms. The largest absolute Gasteiger partial charge is 0.480 e. The average Bonchev–Trinajstić information content (AvgIpc) is 2.32. The van der Waals surface area contributed by atoms with E-state index in [0.29, 0.717) is 0 Å². The number of amides is 1. The van der Waals surface area contributed by atoms with Crippen molar-refractivity contribution in [2.45, 2.75) is 19.1 Å². The number of carboxylic acids is 1. The van der Waals surface area contributed by atoms with Crippen LogP contribution in [0.5, 0.6) is 0 Å². The molecule has 4 nitrogen and oxygen atoms in total. The van der Waals surface area contributed by atoms with Crippen molar-refractivity contribution in [3.8, 4) is 0 Å². The summed E-state index contributed by atoms with van der Waals surface area (Å²) in [5, 5.41) is 10.9. The molecule has 1 amide bonds. The van der Waals surface area contributed by atoms with E-state index in [1.807, 2.05) is 0 Å². The van der Waals surface area contributed by atoms with E-state index in [9.17, 15) is 14.0 Å². The summed E-state index contributed by atoms with van der Waals surface area (Å²) >= 11 is 6.62. The fraction of sp³-hybridized carbons (Fsp3) is 0.385. The van der Waals surface area contributed by atoms with Crippen LogP contribution in [0.15, 0.2) is 18.2 Å². The Morgan fingerprint density at radius 2 is 2.10 bits per heavy atom. The first-order chi connectivity index (χ1) is 9.31. The number of anilines is 1. The van der Waals surface area contributed by atoms with Gasteiger partial charge in [-0.05, 0) is 24.1 Å². The van der Waals surface area contributed by atoms with Gasteiger partial charge in [0, 0.05) is 5.02 Å². The van der Waals surface area contributed by atoms with Gasteiger partial charge in [0.25, 0.3) is 0 Å². The van der Waals surface area contributed by atoms with E-state index in [1.165, 1.54) is 12.1 Å². The van der Waals surface area contributed by atoms with E-state index in [2.05, 4.69) is 5.32 Å². The Bertz CT molecular complexity index is 510. The van der Waals surface area contributed by atoms with E-state index >= 15 is 0 Å². The molecule has 110 valence electrons. The van der Waals surface area contributed by atoms with Crippen molar-refractivity contribution in [1.82, 2.24) is 0 Å². The third-order valence-corrected chi connectivity index (χ3v) is 4.22. The lowest BCUT2D eigenvalue weighted by Crippen LogP contribution is -2.25. The number of benzene rings is 1. The highest BCUT2D eigenvalue weighted by Gasteiger charge is 2.23. The number of hydrogen-bond acceptors (Lipinski definition) is 3. The Labute approximate surface area is 125 Å². The summed E-state index contributed by atoms with van der Waals surface area (Å²) in [5.41, 5.74) is 0.0245. The molecule has 0 aliphatic rings. The van der Waals surface area contributed by atoms with Crippen LogP contribution < -0.4 is 5.32 Å². The number of thioether (sulfide) groups is 1. The van der Waals surface area contributed by atoms with Gasteiger partial charge < -0.3 is 10.4 Å². The lowest BCUT2D eigenvalue weighted by Gasteiger charge is -2.15. The molecule has 1 rings (SSSR count). The molecule has 0 spiro atoms. The molecule has 1 atom stereocenters. The van der Waals surface area contributed by atoms with Gasteiger partial charge >= 0.3 is 5.97 Å². The molecule has 1 unspecified atom stereocenters. The monoisotopic (exact) mass is 319 g/mol. The minimum Gasteiger partial charge on any atom is -0.480 e. The van der Waals surface area contributed by atoms with Crippen molar-refractivity contribution >= 4 is 40.9 Å². The van der Waals surface area contributed by atoms with Crippen LogP contribution in [0.2, 0.25) is 5.02 Å². The molecular formula is C13H15ClFNO3S. The van der Waals surface area contributed by atoms with Gasteiger partial charge in [-0.1, -0.05) is 25.4 Å². The van der Waals surface area contributed by atoms with Gasteiger partial charge in [0.2, 0.25) is 5.91 Å². The SMILES string of the molecule is CC(C)C(SCC(=O)Nc1ccc(Cl)cc1F)C(=O)O. The zero-order chi connectivity index (χ0) is 15.3. The number of carboxylic acid groups (broad SMARTS) is 1. The fourth-order valence-electron chi connectivity index (χ4n) is 1.49. The van der Waals surface area contributed by atoms with Crippen LogP contribution in [0.1, 0.15) is 13.8 Å². The number of aliphatic carboxylic acids is 1. The van der Waals surface area contributed by atoms with Crippen molar-refractivity contribution in [2.75, 3.05) is 11.1 Å². The summed E-state index contributed by atoms with van der Waals surface area (Å²) in [5.74, 6) is -2.21. The molecule has 1 aromatic carbocycles. The molecule has 0 heterocycles. The average molecular weight is 320 g/mol. The second-order valence-corrected chi connectivity index (χ2v) is 6.05. The predicted molar refractivity (Wildman–Crippen MR) is 78.8 cm³/mol. The number of rotatable bonds is 6. The molecule has 7 heteroatoms. The van der Waals surface area contributed by atoms with Crippen molar-refractivity contribution in [3.63, 3.8) is 0 Å². The first kappa shape index (κ1) is 16.8. The molecule has 0 fully saturated rings. The Kier molecular flexibility index (Phi) is 6.29. The molecule has 0 saturated carbocycles. The standard InChI is InChI=1S/C13H15ClFNO3S/c1-7(2)12(13(18)19)20-6-11(17)16-10-4-3-8(14)5-9(10)15/h3-5,7,12H,6H2,1-2H3,(H,16,17)(H,18,19). The third kappa shape index (κ3) is 5.02. The van der Waals surface area contributed by atoms with Crippen LogP contribution in [-0.4, -0.2) is 28.0 Å². The highest BCUT2D eigenvalue weighted by Crippen LogP contribution is 2.22. The normalized spacial score (nSPS) is 12.2. The number of carbonyl (C=O) groups is 2. The topological polar surface area (TPSA) is 66.4 Å². The summed E-state index contributed by atoms with van der Waals surface area (Å²) in [7, 11) is 0. The van der Waals surface area contributed by atoms with Crippen molar-refractivity contribution in [1.29, 1.82) is 0 Å². The van der Waals surface area contributed by atoms with Crippen molar-refractivity contribution in [3.05, 3.63) is 29.0 Å². The number of hydrogen-bond donors (Lipinski definition) is 2. The predicted octanol–water partition coefficient (Wildman–Crippen LogP) is 3.26. The zero-order valence-corrected chi connectivity index (χ0v) is 12.6. The van der Waals surface area contributed by atoms with Gasteiger partial charge in [-0.2, -0.15) is 0 Å². The van der Waals surface area contributed by atoms with E-state index in [0.717, 1.165) is 17.8 Å². The molecule has 1 aromatic rings. The van der Waals surface area contributed by atoms with E-state index in [4.69, 9.17) is 16.7 Å². The van der Waals surface area contributed by atoms with Gasteiger partial charge in [-0.25, -0.2) is 4.39 Å². The Balaban J connectivity index is 2.57. The second kappa shape index (κ2) is 7.50. The zero-order valence-electron chi connectivity index (χ0n) is 11.0. The van der Waals surface area contributed by atoms with Crippen LogP contribution in [0, 0.1) is 11.7 Å². The smallest absolute Gasteiger partial charge is 0.316 e. The third-order valence-electron chi connectivity index (χ3n) is 2.45. The summed E-state index contributed by atoms with van der Waals surface area (Å²) < 4.78 is 13.5. The van der Waals surface area contributed by atoms with E-state index in [1.54, 1.807) is 13.8 Å². The Morgan fingerprint density at radius 1 is 1.45 bits per heavy atom. The summed E-state index contributed by atoms with van der Waals surface area (Å²) in [6.45, 7) is 3.53. The van der Waals surface area contributed by atoms with Crippen molar-refractivity contribution in [2.24, 2.45) is 5.92 Å². The summed E-state index contributed by atoms with van der Waals surface area (Å²) in [6, 6.07) is 3.91. The Morgan fingerprint density at radius 3 is 2.60 bits per heavy atom. The highest BCUT2D eigenvalue weighted by atomic mass is 35.5. The maximum Gasteiger partial charge on any atom is 0.316 e. The molecular weight excluding hydrogens is 305 g/mol. The highest BCUT2D eigenvalue weighted by molar-refractivity contribution is 8.01. The molecule has 0 aliphatic heterocycles. The van der Waals surface area contributed by atoms with Gasteiger partial charge in [-0.15, -0.1) is 11.8 Å². The van der Waals surface area contributed by atoms with Gasteiger partial charge in [0.1, 0.15) is 11.1 Å². The quantitative estimate of drug-likeness (QED) is 0.844. The number of nitrogens with one attached hydrogen (secondary N) is 1. The van der Waals surface area contributed by atoms with E-state index < -0.39 is 22.9 Å². The van der Waals surface area contributed by atoms with E-state index in [-0.39, 0.29) is 22.4 Å². The minimum absolute atomic E-state index is 0.0245. The molecule has 0 radical (unpaired) electrons.